The third kappa shape index (κ3) is 5.54. The molecule has 0 aromatic heterocycles. The molecule has 0 heterocycles. The van der Waals surface area contributed by atoms with Gasteiger partial charge in [0.05, 0.1) is 14.2 Å². The molecular weight excluding hydrogens is 296 g/mol. The number of carbonyl (C=O) groups excluding carboxylic acids is 1. The number of nitrogens with one attached hydrogen (secondary N) is 1. The quantitative estimate of drug-likeness (QED) is 0.813. The van der Waals surface area contributed by atoms with Gasteiger partial charge in [-0.15, -0.1) is 0 Å². The van der Waals surface area contributed by atoms with Gasteiger partial charge in [0.2, 0.25) is 0 Å². The summed E-state index contributed by atoms with van der Waals surface area (Å²) < 4.78 is 15.9. The Hall–Kier alpha value is -2.11. The van der Waals surface area contributed by atoms with Crippen LogP contribution >= 0.6 is 0 Å². The minimum Gasteiger partial charge on any atom is -0.493 e. The van der Waals surface area contributed by atoms with Crippen molar-refractivity contribution in [3.05, 3.63) is 18.2 Å². The molecule has 0 spiro atoms. The van der Waals surface area contributed by atoms with E-state index in [1.165, 1.54) is 0 Å². The van der Waals surface area contributed by atoms with Gasteiger partial charge in [0.25, 0.3) is 0 Å². The zero-order valence-corrected chi connectivity index (χ0v) is 15.1. The Morgan fingerprint density at radius 3 is 2.30 bits per heavy atom. The van der Waals surface area contributed by atoms with Crippen LogP contribution in [0.2, 0.25) is 0 Å². The van der Waals surface area contributed by atoms with E-state index in [2.05, 4.69) is 5.32 Å². The predicted molar refractivity (Wildman–Crippen MR) is 91.4 cm³/mol. The normalized spacial score (nSPS) is 12.3. The first-order valence-corrected chi connectivity index (χ1v) is 7.66. The molecule has 6 nitrogen and oxygen atoms in total. The fourth-order valence-corrected chi connectivity index (χ4v) is 2.14. The highest BCUT2D eigenvalue weighted by atomic mass is 16.6. The molecule has 1 N–H and O–H groups in total. The number of carbonyl (C=O) groups is 1. The summed E-state index contributed by atoms with van der Waals surface area (Å²) in [7, 11) is 5.10. The second kappa shape index (κ2) is 7.94. The number of anilines is 1. The van der Waals surface area contributed by atoms with Gasteiger partial charge in [0, 0.05) is 18.8 Å². The van der Waals surface area contributed by atoms with Crippen molar-refractivity contribution in [2.75, 3.05) is 26.2 Å². The molecule has 0 radical (unpaired) electrons. The highest BCUT2D eigenvalue weighted by molar-refractivity contribution is 5.69. The summed E-state index contributed by atoms with van der Waals surface area (Å²) in [5.41, 5.74) is 0.384. The second-order valence-electron chi connectivity index (χ2n) is 6.22. The zero-order chi connectivity index (χ0) is 17.6. The molecule has 1 aromatic carbocycles. The molecule has 0 aliphatic carbocycles. The van der Waals surface area contributed by atoms with Crippen LogP contribution < -0.4 is 19.7 Å². The molecule has 0 saturated heterocycles. The van der Waals surface area contributed by atoms with Gasteiger partial charge in [-0.25, -0.2) is 4.79 Å². The van der Waals surface area contributed by atoms with Crippen molar-refractivity contribution in [2.24, 2.45) is 0 Å². The molecule has 1 aromatic rings. The van der Waals surface area contributed by atoms with Crippen LogP contribution in [0.5, 0.6) is 11.5 Å². The van der Waals surface area contributed by atoms with E-state index in [-0.39, 0.29) is 6.17 Å². The lowest BCUT2D eigenvalue weighted by molar-refractivity contribution is 0.0503. The van der Waals surface area contributed by atoms with Gasteiger partial charge in [0.15, 0.2) is 11.5 Å². The van der Waals surface area contributed by atoms with Crippen molar-refractivity contribution in [1.82, 2.24) is 5.32 Å². The van der Waals surface area contributed by atoms with E-state index in [9.17, 15) is 4.79 Å². The molecule has 0 aliphatic heterocycles. The summed E-state index contributed by atoms with van der Waals surface area (Å²) >= 11 is 0. The molecule has 1 unspecified atom stereocenters. The first-order chi connectivity index (χ1) is 10.7. The number of hydrogen-bond acceptors (Lipinski definition) is 5. The second-order valence-corrected chi connectivity index (χ2v) is 6.22. The summed E-state index contributed by atoms with van der Waals surface area (Å²) in [6.45, 7) is 7.52. The number of alkyl carbamates (subject to hydrolysis) is 1. The highest BCUT2D eigenvalue weighted by Crippen LogP contribution is 2.31. The van der Waals surface area contributed by atoms with Crippen LogP contribution in [0.4, 0.5) is 10.5 Å². The molecule has 0 bridgehead atoms. The summed E-state index contributed by atoms with van der Waals surface area (Å²) in [4.78, 5) is 13.9. The molecule has 0 fully saturated rings. The van der Waals surface area contributed by atoms with Crippen molar-refractivity contribution in [3.8, 4) is 11.5 Å². The maximum Gasteiger partial charge on any atom is 0.409 e. The van der Waals surface area contributed by atoms with E-state index < -0.39 is 11.7 Å². The maximum absolute atomic E-state index is 12.0. The summed E-state index contributed by atoms with van der Waals surface area (Å²) in [6.07, 6.45) is 0.101. The Bertz CT molecular complexity index is 526. The number of benzene rings is 1. The van der Waals surface area contributed by atoms with Crippen LogP contribution in [0, 0.1) is 0 Å². The third-order valence-electron chi connectivity index (χ3n) is 3.31. The van der Waals surface area contributed by atoms with Gasteiger partial charge in [-0.05, 0) is 39.3 Å². The van der Waals surface area contributed by atoms with Crippen LogP contribution in [0.25, 0.3) is 0 Å². The largest absolute Gasteiger partial charge is 0.493 e. The first-order valence-electron chi connectivity index (χ1n) is 7.66. The van der Waals surface area contributed by atoms with E-state index in [1.54, 1.807) is 14.2 Å². The van der Waals surface area contributed by atoms with Crippen molar-refractivity contribution in [1.29, 1.82) is 0 Å². The smallest absolute Gasteiger partial charge is 0.409 e. The van der Waals surface area contributed by atoms with Crippen LogP contribution in [-0.4, -0.2) is 39.1 Å². The molecule has 130 valence electrons. The number of ether oxygens (including phenoxy) is 3. The molecule has 1 atom stereocenters. The van der Waals surface area contributed by atoms with E-state index in [0.29, 0.717) is 11.5 Å². The maximum atomic E-state index is 12.0. The summed E-state index contributed by atoms with van der Waals surface area (Å²) in [5, 5.41) is 2.88. The average Bonchev–Trinajstić information content (AvgIpc) is 2.49. The van der Waals surface area contributed by atoms with E-state index >= 15 is 0 Å². The van der Waals surface area contributed by atoms with Crippen molar-refractivity contribution >= 4 is 11.8 Å². The van der Waals surface area contributed by atoms with Gasteiger partial charge < -0.3 is 24.4 Å². The lowest BCUT2D eigenvalue weighted by Crippen LogP contribution is -2.47. The van der Waals surface area contributed by atoms with Crippen LogP contribution in [0.3, 0.4) is 0 Å². The van der Waals surface area contributed by atoms with Crippen molar-refractivity contribution < 1.29 is 19.0 Å². The summed E-state index contributed by atoms with van der Waals surface area (Å²) in [6, 6.07) is 5.63. The predicted octanol–water partition coefficient (Wildman–Crippen LogP) is 3.40. The molecule has 6 heteroatoms. The molecular formula is C17H28N2O4. The van der Waals surface area contributed by atoms with Gasteiger partial charge in [0.1, 0.15) is 11.8 Å². The number of amides is 1. The Kier molecular flexibility index (Phi) is 6.54. The highest BCUT2D eigenvalue weighted by Gasteiger charge is 2.21. The lowest BCUT2D eigenvalue weighted by atomic mass is 10.2. The molecule has 23 heavy (non-hydrogen) atoms. The van der Waals surface area contributed by atoms with E-state index in [1.807, 2.05) is 57.8 Å². The van der Waals surface area contributed by atoms with Crippen LogP contribution in [0.1, 0.15) is 34.1 Å². The first kappa shape index (κ1) is 18.9. The zero-order valence-electron chi connectivity index (χ0n) is 15.1. The van der Waals surface area contributed by atoms with Gasteiger partial charge in [-0.3, -0.25) is 0 Å². The SMILES string of the molecule is CCC(NC(=O)OC(C)(C)C)N(C)c1ccc(OC)c(OC)c1. The minimum atomic E-state index is -0.524. The van der Waals surface area contributed by atoms with Gasteiger partial charge in [-0.1, -0.05) is 6.92 Å². The van der Waals surface area contributed by atoms with E-state index in [4.69, 9.17) is 14.2 Å². The van der Waals surface area contributed by atoms with Crippen LogP contribution in [0.15, 0.2) is 18.2 Å². The van der Waals surface area contributed by atoms with Gasteiger partial charge >= 0.3 is 6.09 Å². The third-order valence-corrected chi connectivity index (χ3v) is 3.31. The number of hydrogen-bond donors (Lipinski definition) is 1. The molecule has 0 saturated carbocycles. The monoisotopic (exact) mass is 324 g/mol. The lowest BCUT2D eigenvalue weighted by Gasteiger charge is -2.31. The van der Waals surface area contributed by atoms with Crippen LogP contribution in [-0.2, 0) is 4.74 Å². The molecule has 0 aliphatic rings. The topological polar surface area (TPSA) is 60.0 Å². The molecule has 1 rings (SSSR count). The summed E-state index contributed by atoms with van der Waals surface area (Å²) in [5.74, 6) is 1.31. The van der Waals surface area contributed by atoms with E-state index in [0.717, 1.165) is 12.1 Å². The van der Waals surface area contributed by atoms with Gasteiger partial charge in [-0.2, -0.15) is 0 Å². The Morgan fingerprint density at radius 2 is 1.83 bits per heavy atom. The minimum absolute atomic E-state index is 0.192. The fourth-order valence-electron chi connectivity index (χ4n) is 2.14. The Morgan fingerprint density at radius 1 is 1.22 bits per heavy atom. The number of rotatable bonds is 6. The Labute approximate surface area is 138 Å². The van der Waals surface area contributed by atoms with Crippen molar-refractivity contribution in [3.63, 3.8) is 0 Å². The number of nitrogens with zero attached hydrogens (tertiary/aromatic N) is 1. The molecule has 1 amide bonds. The van der Waals surface area contributed by atoms with Crippen molar-refractivity contribution in [2.45, 2.75) is 45.9 Å². The average molecular weight is 324 g/mol. The Balaban J connectivity index is 2.88. The number of methoxy groups -OCH3 is 2. The standard InChI is InChI=1S/C17H28N2O4/c1-8-15(18-16(20)23-17(2,3)4)19(5)12-9-10-13(21-6)14(11-12)22-7/h9-11,15H,8H2,1-7H3,(H,18,20). The fraction of sp³-hybridized carbons (Fsp3) is 0.588.